The molecular formula is C20H11F4NO. The molecule has 2 nitrogen and oxygen atoms in total. The number of carbonyl (C=O) groups excluding carboxylic acids is 1. The molecule has 2 aromatic heterocycles. The van der Waals surface area contributed by atoms with Gasteiger partial charge in [0.2, 0.25) is 5.78 Å². The summed E-state index contributed by atoms with van der Waals surface area (Å²) >= 11 is 0. The standard InChI is InChI=1S/C20H11F4NO/c21-17-16(20(22,23)24)15-10-13-8-4-5-9-14(13)11-25(15)18(17)19(26)12-6-2-1-3-7-12/h1-11H. The average Bonchev–Trinajstić information content (AvgIpc) is 2.90. The smallest absolute Gasteiger partial charge is 0.310 e. The van der Waals surface area contributed by atoms with Crippen LogP contribution in [0.15, 0.2) is 66.9 Å². The van der Waals surface area contributed by atoms with Crippen LogP contribution in [0.3, 0.4) is 0 Å². The van der Waals surface area contributed by atoms with Crippen molar-refractivity contribution in [3.8, 4) is 0 Å². The van der Waals surface area contributed by atoms with E-state index in [4.69, 9.17) is 0 Å². The average molecular weight is 357 g/mol. The summed E-state index contributed by atoms with van der Waals surface area (Å²) in [7, 11) is 0. The molecule has 0 aliphatic carbocycles. The number of hydrogen-bond acceptors (Lipinski definition) is 1. The summed E-state index contributed by atoms with van der Waals surface area (Å²) in [5.41, 5.74) is -2.31. The molecule has 0 saturated carbocycles. The van der Waals surface area contributed by atoms with E-state index in [1.807, 2.05) is 0 Å². The lowest BCUT2D eigenvalue weighted by Gasteiger charge is -2.06. The summed E-state index contributed by atoms with van der Waals surface area (Å²) < 4.78 is 56.3. The summed E-state index contributed by atoms with van der Waals surface area (Å²) in [4.78, 5) is 12.7. The highest BCUT2D eigenvalue weighted by Crippen LogP contribution is 2.39. The molecule has 6 heteroatoms. The van der Waals surface area contributed by atoms with Gasteiger partial charge in [-0.2, -0.15) is 13.2 Å². The van der Waals surface area contributed by atoms with Gasteiger partial charge in [0.1, 0.15) is 11.3 Å². The molecule has 0 N–H and O–H groups in total. The number of aromatic nitrogens is 1. The van der Waals surface area contributed by atoms with Gasteiger partial charge in [-0.3, -0.25) is 4.79 Å². The third-order valence-corrected chi connectivity index (χ3v) is 4.27. The number of benzene rings is 2. The molecule has 0 aliphatic rings. The van der Waals surface area contributed by atoms with Crippen LogP contribution in [0.25, 0.3) is 16.3 Å². The molecule has 130 valence electrons. The molecule has 0 saturated heterocycles. The Kier molecular flexibility index (Phi) is 3.57. The zero-order valence-corrected chi connectivity index (χ0v) is 13.2. The van der Waals surface area contributed by atoms with Crippen molar-refractivity contribution in [1.82, 2.24) is 4.40 Å². The summed E-state index contributed by atoms with van der Waals surface area (Å²) in [5.74, 6) is -2.36. The maximum atomic E-state index is 14.8. The van der Waals surface area contributed by atoms with Crippen LogP contribution in [0.1, 0.15) is 21.6 Å². The van der Waals surface area contributed by atoms with Gasteiger partial charge in [0.05, 0.1) is 5.52 Å². The zero-order valence-electron chi connectivity index (χ0n) is 13.2. The Labute approximate surface area is 145 Å². The van der Waals surface area contributed by atoms with Crippen LogP contribution in [0.4, 0.5) is 17.6 Å². The van der Waals surface area contributed by atoms with Crippen LogP contribution in [0.5, 0.6) is 0 Å². The third-order valence-electron chi connectivity index (χ3n) is 4.27. The summed E-state index contributed by atoms with van der Waals surface area (Å²) in [6.45, 7) is 0. The number of pyridine rings is 1. The molecule has 0 bridgehead atoms. The molecule has 0 fully saturated rings. The van der Waals surface area contributed by atoms with Crippen LogP contribution in [-0.4, -0.2) is 10.2 Å². The zero-order chi connectivity index (χ0) is 18.5. The molecule has 26 heavy (non-hydrogen) atoms. The second-order valence-electron chi connectivity index (χ2n) is 5.89. The Hall–Kier alpha value is -3.15. The number of alkyl halides is 3. The second-order valence-corrected chi connectivity index (χ2v) is 5.89. The van der Waals surface area contributed by atoms with Crippen molar-refractivity contribution in [3.63, 3.8) is 0 Å². The van der Waals surface area contributed by atoms with Crippen molar-refractivity contribution < 1.29 is 22.4 Å². The van der Waals surface area contributed by atoms with E-state index in [0.29, 0.717) is 10.8 Å². The van der Waals surface area contributed by atoms with Crippen molar-refractivity contribution in [3.05, 3.63) is 89.5 Å². The molecule has 0 amide bonds. The van der Waals surface area contributed by atoms with Crippen molar-refractivity contribution in [1.29, 1.82) is 0 Å². The number of halogens is 4. The number of rotatable bonds is 2. The highest BCUT2D eigenvalue weighted by atomic mass is 19.4. The van der Waals surface area contributed by atoms with E-state index >= 15 is 0 Å². The van der Waals surface area contributed by atoms with E-state index < -0.39 is 29.0 Å². The Morgan fingerprint density at radius 3 is 2.15 bits per heavy atom. The monoisotopic (exact) mass is 357 g/mol. The molecule has 2 aromatic carbocycles. The van der Waals surface area contributed by atoms with Crippen LogP contribution >= 0.6 is 0 Å². The predicted molar refractivity (Wildman–Crippen MR) is 89.7 cm³/mol. The molecule has 0 spiro atoms. The van der Waals surface area contributed by atoms with Gasteiger partial charge < -0.3 is 4.40 Å². The molecule has 0 radical (unpaired) electrons. The second kappa shape index (κ2) is 5.69. The van der Waals surface area contributed by atoms with Gasteiger partial charge >= 0.3 is 6.18 Å². The lowest BCUT2D eigenvalue weighted by atomic mass is 10.1. The number of nitrogens with zero attached hydrogens (tertiary/aromatic N) is 1. The minimum absolute atomic E-state index is 0.118. The Bertz CT molecular complexity index is 1140. The Balaban J connectivity index is 2.11. The van der Waals surface area contributed by atoms with E-state index in [9.17, 15) is 22.4 Å². The normalized spacial score (nSPS) is 12.0. The van der Waals surface area contributed by atoms with Crippen LogP contribution in [0, 0.1) is 5.82 Å². The maximum Gasteiger partial charge on any atom is 0.421 e. The number of hydrogen-bond donors (Lipinski definition) is 0. The highest BCUT2D eigenvalue weighted by molar-refractivity contribution is 6.09. The Morgan fingerprint density at radius 1 is 0.885 bits per heavy atom. The van der Waals surface area contributed by atoms with Crippen LogP contribution < -0.4 is 0 Å². The first-order valence-corrected chi connectivity index (χ1v) is 7.77. The van der Waals surface area contributed by atoms with E-state index in [1.54, 1.807) is 42.5 Å². The number of fused-ring (bicyclic) bond motifs is 2. The summed E-state index contributed by atoms with van der Waals surface area (Å²) in [6.07, 6.45) is -3.56. The largest absolute Gasteiger partial charge is 0.421 e. The Morgan fingerprint density at radius 2 is 1.50 bits per heavy atom. The fourth-order valence-electron chi connectivity index (χ4n) is 3.10. The van der Waals surface area contributed by atoms with Crippen molar-refractivity contribution in [2.24, 2.45) is 0 Å². The van der Waals surface area contributed by atoms with E-state index in [0.717, 1.165) is 4.40 Å². The van der Waals surface area contributed by atoms with Gasteiger partial charge in [-0.25, -0.2) is 4.39 Å². The SMILES string of the molecule is O=C(c1ccccc1)c1c(F)c(C(F)(F)F)c2cc3ccccc3cn12. The first-order chi connectivity index (χ1) is 12.4. The molecule has 0 aliphatic heterocycles. The number of carbonyl (C=O) groups is 1. The third kappa shape index (κ3) is 2.45. The minimum Gasteiger partial charge on any atom is -0.310 e. The van der Waals surface area contributed by atoms with Gasteiger partial charge in [0.15, 0.2) is 5.82 Å². The first kappa shape index (κ1) is 16.3. The predicted octanol–water partition coefficient (Wildman–Crippen LogP) is 5.48. The van der Waals surface area contributed by atoms with Crippen molar-refractivity contribution in [2.75, 3.05) is 0 Å². The lowest BCUT2D eigenvalue weighted by Crippen LogP contribution is -2.09. The van der Waals surface area contributed by atoms with Crippen molar-refractivity contribution in [2.45, 2.75) is 6.18 Å². The summed E-state index contributed by atoms with van der Waals surface area (Å²) in [5, 5.41) is 1.13. The van der Waals surface area contributed by atoms with E-state index in [-0.39, 0.29) is 11.1 Å². The molecule has 4 aromatic rings. The van der Waals surface area contributed by atoms with Gasteiger partial charge in [0.25, 0.3) is 0 Å². The molecule has 4 rings (SSSR count). The van der Waals surface area contributed by atoms with E-state index in [1.165, 1.54) is 24.4 Å². The lowest BCUT2D eigenvalue weighted by molar-refractivity contribution is -0.138. The first-order valence-electron chi connectivity index (χ1n) is 7.77. The topological polar surface area (TPSA) is 21.5 Å². The van der Waals surface area contributed by atoms with Gasteiger partial charge in [-0.05, 0) is 16.8 Å². The van der Waals surface area contributed by atoms with Crippen LogP contribution in [0.2, 0.25) is 0 Å². The molecular weight excluding hydrogens is 346 g/mol. The molecule has 2 heterocycles. The van der Waals surface area contributed by atoms with Gasteiger partial charge in [-0.15, -0.1) is 0 Å². The molecule has 0 atom stereocenters. The fraction of sp³-hybridized carbons (Fsp3) is 0.0500. The van der Waals surface area contributed by atoms with Gasteiger partial charge in [-0.1, -0.05) is 54.6 Å². The highest BCUT2D eigenvalue weighted by Gasteiger charge is 2.41. The number of ketones is 1. The molecule has 0 unspecified atom stereocenters. The van der Waals surface area contributed by atoms with Crippen LogP contribution in [-0.2, 0) is 6.18 Å². The maximum absolute atomic E-state index is 14.8. The summed E-state index contributed by atoms with van der Waals surface area (Å²) in [6, 6.07) is 15.7. The van der Waals surface area contributed by atoms with Crippen molar-refractivity contribution >= 4 is 22.1 Å². The van der Waals surface area contributed by atoms with E-state index in [2.05, 4.69) is 0 Å². The minimum atomic E-state index is -4.92. The quantitative estimate of drug-likeness (QED) is 0.344. The van der Waals surface area contributed by atoms with Gasteiger partial charge in [0, 0.05) is 11.8 Å². The fourth-order valence-corrected chi connectivity index (χ4v) is 3.10.